The number of hydrogen-bond donors (Lipinski definition) is 2. The van der Waals surface area contributed by atoms with Crippen LogP contribution in [0.25, 0.3) is 0 Å². The van der Waals surface area contributed by atoms with E-state index in [0.29, 0.717) is 5.69 Å². The molecule has 0 atom stereocenters. The SMILES string of the molecule is Cc1cccc(OCCNS(=O)(=O)c2cccc(N)c2)c1. The first kappa shape index (κ1) is 15.3. The van der Waals surface area contributed by atoms with Gasteiger partial charge in [-0.05, 0) is 42.8 Å². The van der Waals surface area contributed by atoms with E-state index in [1.807, 2.05) is 31.2 Å². The van der Waals surface area contributed by atoms with E-state index in [-0.39, 0.29) is 18.0 Å². The number of nitrogens with two attached hydrogens (primary N) is 1. The molecule has 0 aliphatic rings. The standard InChI is InChI=1S/C15H18N2O3S/c1-12-4-2-6-14(10-12)20-9-8-17-21(18,19)15-7-3-5-13(16)11-15/h2-7,10-11,17H,8-9,16H2,1H3. The third-order valence-electron chi connectivity index (χ3n) is 2.82. The Hall–Kier alpha value is -2.05. The second-order valence-electron chi connectivity index (χ2n) is 4.64. The van der Waals surface area contributed by atoms with Crippen LogP contribution in [-0.2, 0) is 10.0 Å². The fourth-order valence-corrected chi connectivity index (χ4v) is 2.88. The maximum atomic E-state index is 12.0. The van der Waals surface area contributed by atoms with Gasteiger partial charge in [0.1, 0.15) is 12.4 Å². The van der Waals surface area contributed by atoms with Crippen molar-refractivity contribution in [1.29, 1.82) is 0 Å². The molecule has 0 fully saturated rings. The predicted octanol–water partition coefficient (Wildman–Crippen LogP) is 1.93. The van der Waals surface area contributed by atoms with Gasteiger partial charge in [0.05, 0.1) is 4.90 Å². The lowest BCUT2D eigenvalue weighted by atomic mass is 10.2. The lowest BCUT2D eigenvalue weighted by Gasteiger charge is -2.09. The molecule has 3 N–H and O–H groups in total. The van der Waals surface area contributed by atoms with Crippen LogP contribution in [-0.4, -0.2) is 21.6 Å². The summed E-state index contributed by atoms with van der Waals surface area (Å²) in [5, 5.41) is 0. The number of nitrogen functional groups attached to an aromatic ring is 1. The maximum Gasteiger partial charge on any atom is 0.240 e. The van der Waals surface area contributed by atoms with Crippen LogP contribution in [0, 0.1) is 6.92 Å². The average Bonchev–Trinajstić information content (AvgIpc) is 2.44. The van der Waals surface area contributed by atoms with Crippen LogP contribution in [0.5, 0.6) is 5.75 Å². The summed E-state index contributed by atoms with van der Waals surface area (Å²) in [6.45, 7) is 2.41. The fourth-order valence-electron chi connectivity index (χ4n) is 1.82. The molecule has 0 aliphatic heterocycles. The molecule has 0 radical (unpaired) electrons. The molecular weight excluding hydrogens is 288 g/mol. The topological polar surface area (TPSA) is 81.4 Å². The Kier molecular flexibility index (Phi) is 4.82. The summed E-state index contributed by atoms with van der Waals surface area (Å²) < 4.78 is 32.0. The van der Waals surface area contributed by atoms with E-state index in [1.54, 1.807) is 12.1 Å². The van der Waals surface area contributed by atoms with Crippen LogP contribution in [0.1, 0.15) is 5.56 Å². The van der Waals surface area contributed by atoms with E-state index in [9.17, 15) is 8.42 Å². The smallest absolute Gasteiger partial charge is 0.240 e. The molecule has 0 bridgehead atoms. The molecule has 112 valence electrons. The molecule has 0 amide bonds. The van der Waals surface area contributed by atoms with Crippen LogP contribution in [0.15, 0.2) is 53.4 Å². The van der Waals surface area contributed by atoms with Crippen molar-refractivity contribution < 1.29 is 13.2 Å². The summed E-state index contributed by atoms with van der Waals surface area (Å²) in [5.74, 6) is 0.721. The zero-order chi connectivity index (χ0) is 15.3. The van der Waals surface area contributed by atoms with Crippen molar-refractivity contribution in [2.24, 2.45) is 0 Å². The number of rotatable bonds is 6. The summed E-state index contributed by atoms with van der Waals surface area (Å²) >= 11 is 0. The minimum absolute atomic E-state index is 0.151. The highest BCUT2D eigenvalue weighted by atomic mass is 32.2. The first-order valence-electron chi connectivity index (χ1n) is 6.52. The monoisotopic (exact) mass is 306 g/mol. The Labute approximate surface area is 124 Å². The number of benzene rings is 2. The molecule has 0 unspecified atom stereocenters. The number of hydrogen-bond acceptors (Lipinski definition) is 4. The van der Waals surface area contributed by atoms with E-state index >= 15 is 0 Å². The predicted molar refractivity (Wildman–Crippen MR) is 82.7 cm³/mol. The molecule has 6 heteroatoms. The van der Waals surface area contributed by atoms with E-state index in [2.05, 4.69) is 4.72 Å². The van der Waals surface area contributed by atoms with Crippen molar-refractivity contribution in [2.45, 2.75) is 11.8 Å². The fraction of sp³-hybridized carbons (Fsp3) is 0.200. The zero-order valence-electron chi connectivity index (χ0n) is 11.7. The van der Waals surface area contributed by atoms with E-state index in [4.69, 9.17) is 10.5 Å². The summed E-state index contributed by atoms with van der Waals surface area (Å²) in [6, 6.07) is 13.7. The Morgan fingerprint density at radius 1 is 1.14 bits per heavy atom. The molecule has 21 heavy (non-hydrogen) atoms. The maximum absolute atomic E-state index is 12.0. The number of nitrogens with one attached hydrogen (secondary N) is 1. The minimum atomic E-state index is -3.56. The number of sulfonamides is 1. The van der Waals surface area contributed by atoms with Gasteiger partial charge in [-0.1, -0.05) is 18.2 Å². The number of ether oxygens (including phenoxy) is 1. The van der Waals surface area contributed by atoms with Gasteiger partial charge < -0.3 is 10.5 Å². The number of aryl methyl sites for hydroxylation is 1. The van der Waals surface area contributed by atoms with Gasteiger partial charge in [-0.3, -0.25) is 0 Å². The third kappa shape index (κ3) is 4.47. The highest BCUT2D eigenvalue weighted by Crippen LogP contribution is 2.13. The Bertz CT molecular complexity index is 714. The molecule has 0 heterocycles. The lowest BCUT2D eigenvalue weighted by Crippen LogP contribution is -2.28. The molecule has 0 aliphatic carbocycles. The van der Waals surface area contributed by atoms with Gasteiger partial charge >= 0.3 is 0 Å². The van der Waals surface area contributed by atoms with Gasteiger partial charge in [-0.2, -0.15) is 0 Å². The van der Waals surface area contributed by atoms with Gasteiger partial charge in [0.2, 0.25) is 10.0 Å². The van der Waals surface area contributed by atoms with Gasteiger partial charge in [0.25, 0.3) is 0 Å². The summed E-state index contributed by atoms with van der Waals surface area (Å²) in [7, 11) is -3.56. The van der Waals surface area contributed by atoms with E-state index in [0.717, 1.165) is 11.3 Å². The van der Waals surface area contributed by atoms with Crippen molar-refractivity contribution in [3.63, 3.8) is 0 Å². The molecule has 2 aromatic carbocycles. The highest BCUT2D eigenvalue weighted by molar-refractivity contribution is 7.89. The average molecular weight is 306 g/mol. The second kappa shape index (κ2) is 6.60. The summed E-state index contributed by atoms with van der Waals surface area (Å²) in [6.07, 6.45) is 0. The van der Waals surface area contributed by atoms with Crippen LogP contribution in [0.3, 0.4) is 0 Å². The Balaban J connectivity index is 1.88. The first-order valence-corrected chi connectivity index (χ1v) is 8.00. The molecule has 0 aromatic heterocycles. The molecule has 2 aromatic rings. The second-order valence-corrected chi connectivity index (χ2v) is 6.40. The van der Waals surface area contributed by atoms with Crippen molar-refractivity contribution in [3.05, 3.63) is 54.1 Å². The van der Waals surface area contributed by atoms with Crippen molar-refractivity contribution in [2.75, 3.05) is 18.9 Å². The molecule has 2 rings (SSSR count). The molecule has 0 saturated carbocycles. The minimum Gasteiger partial charge on any atom is -0.492 e. The van der Waals surface area contributed by atoms with E-state index in [1.165, 1.54) is 12.1 Å². The van der Waals surface area contributed by atoms with Crippen molar-refractivity contribution in [3.8, 4) is 5.75 Å². The third-order valence-corrected chi connectivity index (χ3v) is 4.28. The summed E-state index contributed by atoms with van der Waals surface area (Å²) in [5.41, 5.74) is 7.08. The molecule has 0 saturated heterocycles. The Morgan fingerprint density at radius 2 is 1.90 bits per heavy atom. The molecular formula is C15H18N2O3S. The van der Waals surface area contributed by atoms with Crippen LogP contribution < -0.4 is 15.2 Å². The van der Waals surface area contributed by atoms with Crippen molar-refractivity contribution in [1.82, 2.24) is 4.72 Å². The quantitative estimate of drug-likeness (QED) is 0.631. The zero-order valence-corrected chi connectivity index (χ0v) is 12.6. The van der Waals surface area contributed by atoms with Gasteiger partial charge in [0, 0.05) is 12.2 Å². The lowest BCUT2D eigenvalue weighted by molar-refractivity contribution is 0.322. The van der Waals surface area contributed by atoms with Gasteiger partial charge in [0.15, 0.2) is 0 Å². The molecule has 0 spiro atoms. The van der Waals surface area contributed by atoms with Crippen molar-refractivity contribution >= 4 is 15.7 Å². The molecule has 5 nitrogen and oxygen atoms in total. The van der Waals surface area contributed by atoms with Gasteiger partial charge in [-0.25, -0.2) is 13.1 Å². The van der Waals surface area contributed by atoms with Crippen LogP contribution in [0.2, 0.25) is 0 Å². The van der Waals surface area contributed by atoms with E-state index < -0.39 is 10.0 Å². The first-order chi connectivity index (χ1) is 9.97. The largest absolute Gasteiger partial charge is 0.492 e. The van der Waals surface area contributed by atoms with Crippen LogP contribution >= 0.6 is 0 Å². The van der Waals surface area contributed by atoms with Crippen LogP contribution in [0.4, 0.5) is 5.69 Å². The normalized spacial score (nSPS) is 11.3. The Morgan fingerprint density at radius 3 is 2.62 bits per heavy atom. The highest BCUT2D eigenvalue weighted by Gasteiger charge is 2.13. The number of anilines is 1. The van der Waals surface area contributed by atoms with Gasteiger partial charge in [-0.15, -0.1) is 0 Å². The summed E-state index contributed by atoms with van der Waals surface area (Å²) in [4.78, 5) is 0.151.